The molecule has 2 aromatic carbocycles. The number of hydrogen-bond acceptors (Lipinski definition) is 2. The summed E-state index contributed by atoms with van der Waals surface area (Å²) in [7, 11) is 0. The summed E-state index contributed by atoms with van der Waals surface area (Å²) < 4.78 is 0. The third-order valence-electron chi connectivity index (χ3n) is 4.51. The molecule has 0 saturated carbocycles. The van der Waals surface area contributed by atoms with Crippen LogP contribution in [0.5, 0.6) is 0 Å². The average Bonchev–Trinajstić information content (AvgIpc) is 3.10. The Labute approximate surface area is 152 Å². The summed E-state index contributed by atoms with van der Waals surface area (Å²) in [5, 5.41) is 3.36. The van der Waals surface area contributed by atoms with Crippen molar-refractivity contribution in [2.24, 2.45) is 0 Å². The zero-order valence-electron chi connectivity index (χ0n) is 14.2. The quantitative estimate of drug-likeness (QED) is 0.910. The maximum absolute atomic E-state index is 12.8. The molecular formula is C20H21ClN2O2. The van der Waals surface area contributed by atoms with Crippen molar-refractivity contribution in [3.63, 3.8) is 0 Å². The summed E-state index contributed by atoms with van der Waals surface area (Å²) in [5.41, 5.74) is 2.67. The lowest BCUT2D eigenvalue weighted by atomic mass is 10.1. The fourth-order valence-corrected chi connectivity index (χ4v) is 3.30. The first-order valence-electron chi connectivity index (χ1n) is 8.45. The number of amides is 2. The Morgan fingerprint density at radius 3 is 2.60 bits per heavy atom. The third kappa shape index (κ3) is 4.02. The second-order valence-corrected chi connectivity index (χ2v) is 6.75. The van der Waals surface area contributed by atoms with Gasteiger partial charge in [-0.15, -0.1) is 0 Å². The van der Waals surface area contributed by atoms with Crippen LogP contribution in [0.15, 0.2) is 48.5 Å². The third-order valence-corrected chi connectivity index (χ3v) is 4.84. The summed E-state index contributed by atoms with van der Waals surface area (Å²) in [6, 6.07) is 14.6. The van der Waals surface area contributed by atoms with Gasteiger partial charge < -0.3 is 10.2 Å². The number of likely N-dealkylation sites (tertiary alicyclic amines) is 1. The highest BCUT2D eigenvalue weighted by molar-refractivity contribution is 6.33. The Morgan fingerprint density at radius 1 is 1.16 bits per heavy atom. The van der Waals surface area contributed by atoms with Gasteiger partial charge in [-0.05, 0) is 37.5 Å². The zero-order valence-corrected chi connectivity index (χ0v) is 14.9. The molecule has 0 spiro atoms. The molecule has 3 rings (SSSR count). The molecule has 1 atom stereocenters. The van der Waals surface area contributed by atoms with Crippen molar-refractivity contribution >= 4 is 23.4 Å². The normalized spacial score (nSPS) is 16.7. The summed E-state index contributed by atoms with van der Waals surface area (Å²) in [4.78, 5) is 27.0. The van der Waals surface area contributed by atoms with Crippen LogP contribution in [0.25, 0.3) is 0 Å². The number of carbonyl (C=O) groups excluding carboxylic acids is 2. The summed E-state index contributed by atoms with van der Waals surface area (Å²) in [6.45, 7) is 3.06. The number of nitrogens with one attached hydrogen (secondary N) is 1. The molecule has 1 N–H and O–H groups in total. The van der Waals surface area contributed by atoms with Gasteiger partial charge in [0.15, 0.2) is 0 Å². The van der Waals surface area contributed by atoms with E-state index in [4.69, 9.17) is 11.6 Å². The van der Waals surface area contributed by atoms with E-state index in [0.29, 0.717) is 30.1 Å². The summed E-state index contributed by atoms with van der Waals surface area (Å²) >= 11 is 6.13. The molecule has 2 aromatic rings. The van der Waals surface area contributed by atoms with Crippen LogP contribution in [0, 0.1) is 6.92 Å². The van der Waals surface area contributed by atoms with Gasteiger partial charge in [0.05, 0.1) is 10.6 Å². The van der Waals surface area contributed by atoms with Crippen LogP contribution < -0.4 is 5.32 Å². The minimum absolute atomic E-state index is 0.113. The largest absolute Gasteiger partial charge is 0.350 e. The SMILES string of the molecule is Cc1ccc(CNC(=O)C2CCCN2C(=O)c2ccccc2Cl)cc1. The Balaban J connectivity index is 1.66. The van der Waals surface area contributed by atoms with E-state index in [9.17, 15) is 9.59 Å². The van der Waals surface area contributed by atoms with E-state index in [1.807, 2.05) is 31.2 Å². The Kier molecular flexibility index (Phi) is 5.39. The molecular weight excluding hydrogens is 336 g/mol. The van der Waals surface area contributed by atoms with E-state index in [-0.39, 0.29) is 11.8 Å². The van der Waals surface area contributed by atoms with Crippen LogP contribution in [0.2, 0.25) is 5.02 Å². The van der Waals surface area contributed by atoms with Gasteiger partial charge in [-0.3, -0.25) is 9.59 Å². The van der Waals surface area contributed by atoms with Crippen LogP contribution >= 0.6 is 11.6 Å². The fourth-order valence-electron chi connectivity index (χ4n) is 3.08. The Bertz CT molecular complexity index is 774. The van der Waals surface area contributed by atoms with E-state index < -0.39 is 6.04 Å². The van der Waals surface area contributed by atoms with E-state index in [1.165, 1.54) is 5.56 Å². The Morgan fingerprint density at radius 2 is 1.88 bits per heavy atom. The molecule has 25 heavy (non-hydrogen) atoms. The highest BCUT2D eigenvalue weighted by Gasteiger charge is 2.34. The number of aryl methyl sites for hydroxylation is 1. The van der Waals surface area contributed by atoms with Crippen molar-refractivity contribution in [2.45, 2.75) is 32.4 Å². The molecule has 0 aromatic heterocycles. The predicted molar refractivity (Wildman–Crippen MR) is 98.5 cm³/mol. The van der Waals surface area contributed by atoms with Crippen molar-refractivity contribution in [3.8, 4) is 0 Å². The molecule has 0 radical (unpaired) electrons. The maximum atomic E-state index is 12.8. The van der Waals surface area contributed by atoms with Gasteiger partial charge >= 0.3 is 0 Å². The number of benzene rings is 2. The monoisotopic (exact) mass is 356 g/mol. The second kappa shape index (κ2) is 7.70. The Hall–Kier alpha value is -2.33. The predicted octanol–water partition coefficient (Wildman–Crippen LogP) is 3.57. The molecule has 130 valence electrons. The average molecular weight is 357 g/mol. The summed E-state index contributed by atoms with van der Waals surface area (Å²) in [5.74, 6) is -0.294. The van der Waals surface area contributed by atoms with Gasteiger partial charge in [0.1, 0.15) is 6.04 Å². The van der Waals surface area contributed by atoms with Crippen LogP contribution in [0.3, 0.4) is 0 Å². The zero-order chi connectivity index (χ0) is 17.8. The first-order valence-corrected chi connectivity index (χ1v) is 8.83. The van der Waals surface area contributed by atoms with Gasteiger partial charge in [-0.2, -0.15) is 0 Å². The molecule has 1 saturated heterocycles. The molecule has 1 fully saturated rings. The fraction of sp³-hybridized carbons (Fsp3) is 0.300. The second-order valence-electron chi connectivity index (χ2n) is 6.34. The van der Waals surface area contributed by atoms with Crippen LogP contribution in [-0.4, -0.2) is 29.3 Å². The summed E-state index contributed by atoms with van der Waals surface area (Å²) in [6.07, 6.45) is 1.49. The van der Waals surface area contributed by atoms with Gasteiger partial charge in [0.25, 0.3) is 5.91 Å². The van der Waals surface area contributed by atoms with Gasteiger partial charge in [-0.25, -0.2) is 0 Å². The molecule has 1 aliphatic rings. The van der Waals surface area contributed by atoms with E-state index >= 15 is 0 Å². The number of hydrogen-bond donors (Lipinski definition) is 1. The highest BCUT2D eigenvalue weighted by Crippen LogP contribution is 2.24. The van der Waals surface area contributed by atoms with Crippen molar-refractivity contribution < 1.29 is 9.59 Å². The van der Waals surface area contributed by atoms with Gasteiger partial charge in [0.2, 0.25) is 5.91 Å². The maximum Gasteiger partial charge on any atom is 0.256 e. The topological polar surface area (TPSA) is 49.4 Å². The minimum Gasteiger partial charge on any atom is -0.350 e. The van der Waals surface area contributed by atoms with E-state index in [1.54, 1.807) is 29.2 Å². The van der Waals surface area contributed by atoms with Crippen LogP contribution in [0.4, 0.5) is 0 Å². The highest BCUT2D eigenvalue weighted by atomic mass is 35.5. The minimum atomic E-state index is -0.436. The molecule has 0 aliphatic carbocycles. The number of nitrogens with zero attached hydrogens (tertiary/aromatic N) is 1. The number of rotatable bonds is 4. The van der Waals surface area contributed by atoms with Gasteiger partial charge in [-0.1, -0.05) is 53.6 Å². The van der Waals surface area contributed by atoms with Gasteiger partial charge in [0, 0.05) is 13.1 Å². The number of carbonyl (C=O) groups is 2. The molecule has 1 aliphatic heterocycles. The lowest BCUT2D eigenvalue weighted by Crippen LogP contribution is -2.45. The lowest BCUT2D eigenvalue weighted by Gasteiger charge is -2.24. The first kappa shape index (κ1) is 17.5. The first-order chi connectivity index (χ1) is 12.1. The molecule has 5 heteroatoms. The van der Waals surface area contributed by atoms with Crippen molar-refractivity contribution in [1.82, 2.24) is 10.2 Å². The molecule has 0 bridgehead atoms. The molecule has 4 nitrogen and oxygen atoms in total. The smallest absolute Gasteiger partial charge is 0.256 e. The van der Waals surface area contributed by atoms with E-state index in [2.05, 4.69) is 5.32 Å². The van der Waals surface area contributed by atoms with Crippen molar-refractivity contribution in [1.29, 1.82) is 0 Å². The molecule has 2 amide bonds. The van der Waals surface area contributed by atoms with Crippen molar-refractivity contribution in [3.05, 3.63) is 70.2 Å². The van der Waals surface area contributed by atoms with Crippen LogP contribution in [-0.2, 0) is 11.3 Å². The van der Waals surface area contributed by atoms with E-state index in [0.717, 1.165) is 12.0 Å². The van der Waals surface area contributed by atoms with Crippen molar-refractivity contribution in [2.75, 3.05) is 6.54 Å². The lowest BCUT2D eigenvalue weighted by molar-refractivity contribution is -0.125. The van der Waals surface area contributed by atoms with Crippen LogP contribution in [0.1, 0.15) is 34.3 Å². The standard InChI is InChI=1S/C20H21ClN2O2/c1-14-8-10-15(11-9-14)13-22-19(24)18-7-4-12-23(18)20(25)16-5-2-3-6-17(16)21/h2-3,5-6,8-11,18H,4,7,12-13H2,1H3,(H,22,24). The molecule has 1 unspecified atom stereocenters. The molecule has 1 heterocycles. The number of halogens is 1.